The molecule has 0 saturated carbocycles. The van der Waals surface area contributed by atoms with Gasteiger partial charge in [0.05, 0.1) is 27.6 Å². The summed E-state index contributed by atoms with van der Waals surface area (Å²) in [5.74, 6) is -0.965. The Morgan fingerprint density at radius 2 is 2.25 bits per heavy atom. The van der Waals surface area contributed by atoms with E-state index in [0.717, 1.165) is 9.26 Å². The van der Waals surface area contributed by atoms with Crippen LogP contribution in [0.3, 0.4) is 0 Å². The molecule has 0 aliphatic rings. The molecule has 0 aliphatic carbocycles. The Bertz CT molecular complexity index is 507. The maximum absolute atomic E-state index is 10.6. The van der Waals surface area contributed by atoms with Crippen molar-refractivity contribution in [1.29, 1.82) is 0 Å². The highest BCUT2D eigenvalue weighted by Crippen LogP contribution is 2.05. The molecule has 2 aromatic rings. The fraction of sp³-hybridized carbons (Fsp3) is 0.100. The van der Waals surface area contributed by atoms with Crippen molar-refractivity contribution in [2.75, 3.05) is 0 Å². The number of aromatic nitrogens is 3. The molecule has 0 fully saturated rings. The Labute approximate surface area is 105 Å². The van der Waals surface area contributed by atoms with Crippen molar-refractivity contribution in [3.8, 4) is 0 Å². The number of carboxylic acid groups (broad SMARTS) is 1. The quantitative estimate of drug-likeness (QED) is 0.869. The van der Waals surface area contributed by atoms with Crippen molar-refractivity contribution in [2.24, 2.45) is 0 Å². The average Bonchev–Trinajstić information content (AvgIpc) is 2.65. The summed E-state index contributed by atoms with van der Waals surface area (Å²) in [7, 11) is 0. The predicted molar refractivity (Wildman–Crippen MR) is 65.2 cm³/mol. The van der Waals surface area contributed by atoms with E-state index in [2.05, 4.69) is 32.7 Å². The Kier molecular flexibility index (Phi) is 3.18. The van der Waals surface area contributed by atoms with Gasteiger partial charge in [-0.15, -0.1) is 0 Å². The molecule has 0 amide bonds. The van der Waals surface area contributed by atoms with E-state index in [1.807, 2.05) is 6.20 Å². The van der Waals surface area contributed by atoms with Gasteiger partial charge in [-0.3, -0.25) is 9.67 Å². The van der Waals surface area contributed by atoms with Crippen LogP contribution in [0.25, 0.3) is 0 Å². The zero-order valence-electron chi connectivity index (χ0n) is 8.17. The molecule has 2 aromatic heterocycles. The number of carbonyl (C=O) groups is 1. The van der Waals surface area contributed by atoms with Crippen LogP contribution < -0.4 is 0 Å². The first-order valence-corrected chi connectivity index (χ1v) is 5.59. The van der Waals surface area contributed by atoms with E-state index >= 15 is 0 Å². The number of nitrogens with zero attached hydrogens (tertiary/aromatic N) is 3. The summed E-state index contributed by atoms with van der Waals surface area (Å²) in [5.41, 5.74) is 0.975. The summed E-state index contributed by atoms with van der Waals surface area (Å²) < 4.78 is 2.81. The zero-order valence-corrected chi connectivity index (χ0v) is 10.3. The lowest BCUT2D eigenvalue weighted by Crippen LogP contribution is -2.04. The fourth-order valence-corrected chi connectivity index (χ4v) is 1.68. The molecule has 0 radical (unpaired) electrons. The second-order valence-corrected chi connectivity index (χ2v) is 4.45. The number of hydrogen-bond donors (Lipinski definition) is 1. The average molecular weight is 329 g/mol. The highest BCUT2D eigenvalue weighted by molar-refractivity contribution is 14.1. The zero-order chi connectivity index (χ0) is 11.5. The normalized spacial score (nSPS) is 10.3. The number of aromatic carboxylic acids is 1. The molecule has 5 nitrogen and oxygen atoms in total. The van der Waals surface area contributed by atoms with Crippen molar-refractivity contribution < 1.29 is 9.90 Å². The van der Waals surface area contributed by atoms with Crippen LogP contribution in [0.4, 0.5) is 0 Å². The molecule has 0 saturated heterocycles. The van der Waals surface area contributed by atoms with Crippen LogP contribution in [0.5, 0.6) is 0 Å². The Morgan fingerprint density at radius 3 is 2.75 bits per heavy atom. The van der Waals surface area contributed by atoms with Crippen molar-refractivity contribution >= 4 is 28.6 Å². The molecule has 0 atom stereocenters. The third-order valence-corrected chi connectivity index (χ3v) is 2.55. The maximum Gasteiger partial charge on any atom is 0.337 e. The lowest BCUT2D eigenvalue weighted by atomic mass is 10.2. The van der Waals surface area contributed by atoms with E-state index in [1.165, 1.54) is 6.20 Å². The lowest BCUT2D eigenvalue weighted by Gasteiger charge is -2.01. The minimum Gasteiger partial charge on any atom is -0.478 e. The number of rotatable bonds is 3. The molecule has 82 valence electrons. The maximum atomic E-state index is 10.6. The molecule has 0 bridgehead atoms. The minimum atomic E-state index is -0.965. The number of halogens is 1. The van der Waals surface area contributed by atoms with E-state index in [9.17, 15) is 4.79 Å². The topological polar surface area (TPSA) is 68.0 Å². The molecule has 0 aromatic carbocycles. The Hall–Kier alpha value is -1.44. The van der Waals surface area contributed by atoms with Crippen LogP contribution in [0.1, 0.15) is 16.1 Å². The molecular formula is C10H8IN3O2. The summed E-state index contributed by atoms with van der Waals surface area (Å²) >= 11 is 2.18. The van der Waals surface area contributed by atoms with Gasteiger partial charge in [-0.1, -0.05) is 0 Å². The first-order valence-electron chi connectivity index (χ1n) is 4.51. The summed E-state index contributed by atoms with van der Waals surface area (Å²) in [5, 5.41) is 12.8. The van der Waals surface area contributed by atoms with Gasteiger partial charge >= 0.3 is 5.97 Å². The van der Waals surface area contributed by atoms with E-state index in [1.54, 1.807) is 23.0 Å². The Morgan fingerprint density at radius 1 is 1.44 bits per heavy atom. The SMILES string of the molecule is O=C(O)c1ccc(Cn2cc(I)cn2)nc1. The van der Waals surface area contributed by atoms with Crippen LogP contribution in [-0.2, 0) is 6.54 Å². The molecular weight excluding hydrogens is 321 g/mol. The summed E-state index contributed by atoms with van der Waals surface area (Å²) in [6.07, 6.45) is 5.01. The van der Waals surface area contributed by atoms with Crippen molar-refractivity contribution in [2.45, 2.75) is 6.54 Å². The molecule has 1 N–H and O–H groups in total. The van der Waals surface area contributed by atoms with Gasteiger partial charge in [0.15, 0.2) is 0 Å². The summed E-state index contributed by atoms with van der Waals surface area (Å²) in [4.78, 5) is 14.7. The van der Waals surface area contributed by atoms with Gasteiger partial charge in [0.1, 0.15) is 0 Å². The molecule has 0 unspecified atom stereocenters. The first-order chi connectivity index (χ1) is 7.65. The van der Waals surface area contributed by atoms with Crippen molar-refractivity contribution in [3.63, 3.8) is 0 Å². The third-order valence-electron chi connectivity index (χ3n) is 2.00. The smallest absolute Gasteiger partial charge is 0.337 e. The van der Waals surface area contributed by atoms with Crippen LogP contribution in [0, 0.1) is 3.57 Å². The van der Waals surface area contributed by atoms with Gasteiger partial charge in [-0.2, -0.15) is 5.10 Å². The predicted octanol–water partition coefficient (Wildman–Crippen LogP) is 1.63. The van der Waals surface area contributed by atoms with Crippen LogP contribution in [0.15, 0.2) is 30.7 Å². The molecule has 6 heteroatoms. The van der Waals surface area contributed by atoms with Gasteiger partial charge in [-0.25, -0.2) is 4.79 Å². The standard InChI is InChI=1S/C10H8IN3O2/c11-8-4-13-14(5-8)6-9-2-1-7(3-12-9)10(15)16/h1-5H,6H2,(H,15,16). The van der Waals surface area contributed by atoms with Crippen LogP contribution in [0.2, 0.25) is 0 Å². The van der Waals surface area contributed by atoms with Crippen molar-refractivity contribution in [1.82, 2.24) is 14.8 Å². The van der Waals surface area contributed by atoms with Crippen molar-refractivity contribution in [3.05, 3.63) is 45.6 Å². The Balaban J connectivity index is 2.14. The molecule has 0 aliphatic heterocycles. The van der Waals surface area contributed by atoms with E-state index < -0.39 is 5.97 Å². The van der Waals surface area contributed by atoms with Gasteiger partial charge < -0.3 is 5.11 Å². The van der Waals surface area contributed by atoms with E-state index in [0.29, 0.717) is 6.54 Å². The first kappa shape index (κ1) is 11.1. The summed E-state index contributed by atoms with van der Waals surface area (Å²) in [6.45, 7) is 0.545. The third kappa shape index (κ3) is 2.57. The fourth-order valence-electron chi connectivity index (χ4n) is 1.24. The van der Waals surface area contributed by atoms with Crippen LogP contribution >= 0.6 is 22.6 Å². The summed E-state index contributed by atoms with van der Waals surface area (Å²) in [6, 6.07) is 3.23. The van der Waals surface area contributed by atoms with E-state index in [-0.39, 0.29) is 5.56 Å². The molecule has 2 rings (SSSR count). The minimum absolute atomic E-state index is 0.193. The monoisotopic (exact) mass is 329 g/mol. The van der Waals surface area contributed by atoms with Gasteiger partial charge in [0.2, 0.25) is 0 Å². The van der Waals surface area contributed by atoms with Gasteiger partial charge in [-0.05, 0) is 34.7 Å². The molecule has 16 heavy (non-hydrogen) atoms. The number of carboxylic acids is 1. The highest BCUT2D eigenvalue weighted by atomic mass is 127. The van der Waals surface area contributed by atoms with E-state index in [4.69, 9.17) is 5.11 Å². The van der Waals surface area contributed by atoms with Gasteiger partial charge in [0.25, 0.3) is 0 Å². The van der Waals surface area contributed by atoms with Gasteiger partial charge in [0, 0.05) is 12.4 Å². The molecule has 0 spiro atoms. The largest absolute Gasteiger partial charge is 0.478 e. The number of pyridine rings is 1. The molecule has 2 heterocycles. The second kappa shape index (κ2) is 4.60. The van der Waals surface area contributed by atoms with Crippen LogP contribution in [-0.4, -0.2) is 25.8 Å². The number of hydrogen-bond acceptors (Lipinski definition) is 3. The highest BCUT2D eigenvalue weighted by Gasteiger charge is 2.03. The second-order valence-electron chi connectivity index (χ2n) is 3.20. The lowest BCUT2D eigenvalue weighted by molar-refractivity contribution is 0.0696.